The van der Waals surface area contributed by atoms with Crippen LogP contribution in [-0.2, 0) is 6.54 Å². The van der Waals surface area contributed by atoms with Gasteiger partial charge in [-0.15, -0.1) is 10.2 Å². The fourth-order valence-corrected chi connectivity index (χ4v) is 2.06. The van der Waals surface area contributed by atoms with Gasteiger partial charge in [-0.3, -0.25) is 4.79 Å². The highest BCUT2D eigenvalue weighted by Crippen LogP contribution is 2.21. The summed E-state index contributed by atoms with van der Waals surface area (Å²) in [5.74, 6) is 0. The molecule has 0 spiro atoms. The number of hydrogen-bond acceptors (Lipinski definition) is 5. The minimum atomic E-state index is -0.124. The normalized spacial score (nSPS) is 10.6. The Kier molecular flexibility index (Phi) is 3.43. The van der Waals surface area contributed by atoms with Gasteiger partial charge in [0.25, 0.3) is 0 Å². The van der Waals surface area contributed by atoms with Crippen molar-refractivity contribution in [2.75, 3.05) is 6.54 Å². The predicted molar refractivity (Wildman–Crippen MR) is 63.3 cm³/mol. The van der Waals surface area contributed by atoms with Crippen molar-refractivity contribution in [1.82, 2.24) is 20.5 Å². The molecule has 0 aliphatic rings. The van der Waals surface area contributed by atoms with E-state index in [-0.39, 0.29) is 5.56 Å². The van der Waals surface area contributed by atoms with E-state index >= 15 is 0 Å². The summed E-state index contributed by atoms with van der Waals surface area (Å²) < 4.78 is 0. The van der Waals surface area contributed by atoms with Crippen molar-refractivity contribution in [2.24, 2.45) is 0 Å². The van der Waals surface area contributed by atoms with Gasteiger partial charge in [0, 0.05) is 24.4 Å². The third-order valence-corrected chi connectivity index (χ3v) is 2.99. The Morgan fingerprint density at radius 1 is 1.50 bits per heavy atom. The topological polar surface area (TPSA) is 70.7 Å². The number of aromatic amines is 1. The van der Waals surface area contributed by atoms with Gasteiger partial charge < -0.3 is 10.3 Å². The van der Waals surface area contributed by atoms with Crippen LogP contribution in [0.25, 0.3) is 10.6 Å². The van der Waals surface area contributed by atoms with Crippen LogP contribution in [0.3, 0.4) is 0 Å². The molecular weight excluding hydrogens is 224 g/mol. The molecule has 0 aromatic carbocycles. The molecule has 0 amide bonds. The van der Waals surface area contributed by atoms with Crippen LogP contribution < -0.4 is 10.9 Å². The summed E-state index contributed by atoms with van der Waals surface area (Å²) in [6.45, 7) is 3.66. The highest BCUT2D eigenvalue weighted by Gasteiger charge is 2.06. The maximum atomic E-state index is 11.1. The van der Waals surface area contributed by atoms with Crippen LogP contribution in [-0.4, -0.2) is 21.7 Å². The number of hydrogen-bond donors (Lipinski definition) is 2. The lowest BCUT2D eigenvalue weighted by Gasteiger charge is -1.94. The van der Waals surface area contributed by atoms with Gasteiger partial charge in [-0.1, -0.05) is 18.3 Å². The molecule has 6 heteroatoms. The zero-order chi connectivity index (χ0) is 11.4. The van der Waals surface area contributed by atoms with Crippen LogP contribution in [0.1, 0.15) is 11.9 Å². The number of aromatic nitrogens is 3. The standard InChI is InChI=1S/C10H12N4OS/c1-2-11-6-9-13-14-10(16-9)7-3-4-12-8(15)5-7/h3-5,11H,2,6H2,1H3,(H,12,15). The zero-order valence-corrected chi connectivity index (χ0v) is 9.67. The van der Waals surface area contributed by atoms with E-state index in [1.165, 1.54) is 17.4 Å². The van der Waals surface area contributed by atoms with Crippen LogP contribution in [0.15, 0.2) is 23.1 Å². The number of nitrogens with one attached hydrogen (secondary N) is 2. The second-order valence-electron chi connectivity index (χ2n) is 3.22. The molecule has 16 heavy (non-hydrogen) atoms. The average molecular weight is 236 g/mol. The first kappa shape index (κ1) is 11.0. The maximum absolute atomic E-state index is 11.1. The molecule has 2 N–H and O–H groups in total. The average Bonchev–Trinajstić information content (AvgIpc) is 2.75. The van der Waals surface area contributed by atoms with Gasteiger partial charge in [0.15, 0.2) is 0 Å². The molecule has 0 aliphatic heterocycles. The minimum Gasteiger partial charge on any atom is -0.329 e. The summed E-state index contributed by atoms with van der Waals surface area (Å²) in [6.07, 6.45) is 1.61. The molecule has 2 aromatic rings. The van der Waals surface area contributed by atoms with E-state index in [1.54, 1.807) is 6.20 Å². The Bertz CT molecular complexity index is 519. The van der Waals surface area contributed by atoms with Crippen LogP contribution >= 0.6 is 11.3 Å². The molecule has 84 valence electrons. The number of H-pyrrole nitrogens is 1. The van der Waals surface area contributed by atoms with Crippen LogP contribution in [0.2, 0.25) is 0 Å². The molecular formula is C10H12N4OS. The highest BCUT2D eigenvalue weighted by molar-refractivity contribution is 7.14. The molecule has 0 saturated carbocycles. The molecule has 2 heterocycles. The number of nitrogens with zero attached hydrogens (tertiary/aromatic N) is 2. The Balaban J connectivity index is 2.21. The van der Waals surface area contributed by atoms with Gasteiger partial charge in [-0.05, 0) is 12.6 Å². The van der Waals surface area contributed by atoms with Crippen molar-refractivity contribution in [3.8, 4) is 10.6 Å². The van der Waals surface area contributed by atoms with Gasteiger partial charge >= 0.3 is 0 Å². The van der Waals surface area contributed by atoms with E-state index in [2.05, 4.69) is 20.5 Å². The van der Waals surface area contributed by atoms with E-state index in [9.17, 15) is 4.79 Å². The predicted octanol–water partition coefficient (Wildman–Crippen LogP) is 1.00. The second kappa shape index (κ2) is 5.00. The van der Waals surface area contributed by atoms with E-state index < -0.39 is 0 Å². The van der Waals surface area contributed by atoms with E-state index in [0.717, 1.165) is 28.7 Å². The fourth-order valence-electron chi connectivity index (χ4n) is 1.25. The smallest absolute Gasteiger partial charge is 0.248 e. The lowest BCUT2D eigenvalue weighted by atomic mass is 10.3. The molecule has 0 aliphatic carbocycles. The summed E-state index contributed by atoms with van der Waals surface area (Å²) in [7, 11) is 0. The van der Waals surface area contributed by atoms with E-state index in [4.69, 9.17) is 0 Å². The number of pyridine rings is 1. The van der Waals surface area contributed by atoms with Crippen molar-refractivity contribution in [3.63, 3.8) is 0 Å². The summed E-state index contributed by atoms with van der Waals surface area (Å²) >= 11 is 1.50. The summed E-state index contributed by atoms with van der Waals surface area (Å²) in [4.78, 5) is 13.7. The van der Waals surface area contributed by atoms with Crippen molar-refractivity contribution in [3.05, 3.63) is 33.7 Å². The first-order valence-electron chi connectivity index (χ1n) is 5.02. The van der Waals surface area contributed by atoms with Crippen LogP contribution in [0, 0.1) is 0 Å². The maximum Gasteiger partial charge on any atom is 0.248 e. The third kappa shape index (κ3) is 2.53. The Morgan fingerprint density at radius 3 is 3.12 bits per heavy atom. The quantitative estimate of drug-likeness (QED) is 0.831. The van der Waals surface area contributed by atoms with Gasteiger partial charge in [0.1, 0.15) is 10.0 Å². The minimum absolute atomic E-state index is 0.124. The second-order valence-corrected chi connectivity index (χ2v) is 4.28. The van der Waals surface area contributed by atoms with Gasteiger partial charge in [0.2, 0.25) is 5.56 Å². The molecule has 0 bridgehead atoms. The lowest BCUT2D eigenvalue weighted by molar-refractivity contribution is 0.715. The van der Waals surface area contributed by atoms with E-state index in [1.807, 2.05) is 13.0 Å². The van der Waals surface area contributed by atoms with Crippen molar-refractivity contribution < 1.29 is 0 Å². The molecule has 2 aromatic heterocycles. The summed E-state index contributed by atoms with van der Waals surface area (Å²) in [6, 6.07) is 3.34. The van der Waals surface area contributed by atoms with Gasteiger partial charge in [0.05, 0.1) is 0 Å². The van der Waals surface area contributed by atoms with Gasteiger partial charge in [-0.25, -0.2) is 0 Å². The Labute approximate surface area is 96.6 Å². The highest BCUT2D eigenvalue weighted by atomic mass is 32.1. The molecule has 0 unspecified atom stereocenters. The molecule has 0 saturated heterocycles. The molecule has 0 fully saturated rings. The first-order chi connectivity index (χ1) is 7.79. The lowest BCUT2D eigenvalue weighted by Crippen LogP contribution is -2.11. The summed E-state index contributed by atoms with van der Waals surface area (Å²) in [5, 5.41) is 13.0. The molecule has 0 atom stereocenters. The van der Waals surface area contributed by atoms with Crippen LogP contribution in [0.4, 0.5) is 0 Å². The van der Waals surface area contributed by atoms with Crippen molar-refractivity contribution in [1.29, 1.82) is 0 Å². The summed E-state index contributed by atoms with van der Waals surface area (Å²) in [5.41, 5.74) is 0.685. The SMILES string of the molecule is CCNCc1nnc(-c2cc[nH]c(=O)c2)s1. The number of rotatable bonds is 4. The fraction of sp³-hybridized carbons (Fsp3) is 0.300. The largest absolute Gasteiger partial charge is 0.329 e. The first-order valence-corrected chi connectivity index (χ1v) is 5.83. The Morgan fingerprint density at radius 2 is 2.38 bits per heavy atom. The molecule has 5 nitrogen and oxygen atoms in total. The van der Waals surface area contributed by atoms with Crippen molar-refractivity contribution in [2.45, 2.75) is 13.5 Å². The third-order valence-electron chi connectivity index (χ3n) is 2.02. The molecule has 2 rings (SSSR count). The van der Waals surface area contributed by atoms with Gasteiger partial charge in [-0.2, -0.15) is 0 Å². The zero-order valence-electron chi connectivity index (χ0n) is 8.86. The monoisotopic (exact) mass is 236 g/mol. The van der Waals surface area contributed by atoms with E-state index in [0.29, 0.717) is 0 Å². The van der Waals surface area contributed by atoms with Crippen molar-refractivity contribution >= 4 is 11.3 Å². The Hall–Kier alpha value is -1.53. The molecule has 0 radical (unpaired) electrons. The van der Waals surface area contributed by atoms with Crippen LogP contribution in [0.5, 0.6) is 0 Å².